The molecule has 1 atom stereocenters. The molecule has 1 amide bonds. The van der Waals surface area contributed by atoms with Crippen LogP contribution in [0.25, 0.3) is 0 Å². The maximum atomic E-state index is 11.8. The highest BCUT2D eigenvalue weighted by Gasteiger charge is 2.16. The maximum Gasteiger partial charge on any atom is 0.241 e. The van der Waals surface area contributed by atoms with E-state index in [1.165, 1.54) is 0 Å². The van der Waals surface area contributed by atoms with Gasteiger partial charge in [-0.05, 0) is 46.5 Å². The lowest BCUT2D eigenvalue weighted by Crippen LogP contribution is -2.36. The molecule has 1 rings (SSSR count). The average molecular weight is 310 g/mol. The van der Waals surface area contributed by atoms with Gasteiger partial charge in [-0.2, -0.15) is 5.26 Å². The summed E-state index contributed by atoms with van der Waals surface area (Å²) < 4.78 is 0.673. The second-order valence-corrected chi connectivity index (χ2v) is 5.39. The Bertz CT molecular complexity index is 480. The Labute approximate surface area is 115 Å². The number of hydrogen-bond donors (Lipinski definition) is 2. The van der Waals surface area contributed by atoms with Crippen molar-refractivity contribution in [3.63, 3.8) is 0 Å². The number of nitriles is 1. The first kappa shape index (κ1) is 14.7. The van der Waals surface area contributed by atoms with Gasteiger partial charge in [0.25, 0.3) is 0 Å². The number of nitrogens with one attached hydrogen (secondary N) is 1. The summed E-state index contributed by atoms with van der Waals surface area (Å²) in [7, 11) is 0. The summed E-state index contributed by atoms with van der Waals surface area (Å²) in [6.07, 6.45) is 0.639. The molecule has 0 fully saturated rings. The molecule has 0 bridgehead atoms. The smallest absolute Gasteiger partial charge is 0.241 e. The molecule has 0 saturated carbocycles. The zero-order valence-corrected chi connectivity index (χ0v) is 12.0. The van der Waals surface area contributed by atoms with E-state index in [1.54, 1.807) is 18.2 Å². The van der Waals surface area contributed by atoms with Gasteiger partial charge in [-0.1, -0.05) is 13.8 Å². The van der Waals surface area contributed by atoms with E-state index in [2.05, 4.69) is 21.2 Å². The second kappa shape index (κ2) is 6.53. The van der Waals surface area contributed by atoms with Crippen molar-refractivity contribution in [2.45, 2.75) is 26.3 Å². The normalized spacial score (nSPS) is 12.0. The van der Waals surface area contributed by atoms with Gasteiger partial charge in [0.15, 0.2) is 0 Å². The van der Waals surface area contributed by atoms with Crippen LogP contribution in [0.5, 0.6) is 0 Å². The second-order valence-electron chi connectivity index (χ2n) is 4.53. The zero-order chi connectivity index (χ0) is 13.7. The minimum Gasteiger partial charge on any atom is -0.324 e. The summed E-state index contributed by atoms with van der Waals surface area (Å²) >= 11 is 3.31. The lowest BCUT2D eigenvalue weighted by Gasteiger charge is -2.15. The van der Waals surface area contributed by atoms with Crippen molar-refractivity contribution in [1.29, 1.82) is 5.26 Å². The van der Waals surface area contributed by atoms with Crippen LogP contribution in [-0.2, 0) is 4.79 Å². The van der Waals surface area contributed by atoms with Gasteiger partial charge in [0, 0.05) is 4.47 Å². The molecule has 4 nitrogen and oxygen atoms in total. The van der Waals surface area contributed by atoms with Crippen LogP contribution in [0.3, 0.4) is 0 Å². The van der Waals surface area contributed by atoms with E-state index in [0.717, 1.165) is 0 Å². The number of nitrogens with zero attached hydrogens (tertiary/aromatic N) is 1. The Morgan fingerprint density at radius 2 is 2.22 bits per heavy atom. The van der Waals surface area contributed by atoms with Gasteiger partial charge in [0.1, 0.15) is 0 Å². The van der Waals surface area contributed by atoms with Gasteiger partial charge in [-0.15, -0.1) is 0 Å². The van der Waals surface area contributed by atoms with Crippen LogP contribution in [-0.4, -0.2) is 11.9 Å². The topological polar surface area (TPSA) is 78.9 Å². The lowest BCUT2D eigenvalue weighted by molar-refractivity contribution is -0.117. The molecule has 18 heavy (non-hydrogen) atoms. The number of rotatable bonds is 4. The van der Waals surface area contributed by atoms with Crippen LogP contribution in [0.2, 0.25) is 0 Å². The van der Waals surface area contributed by atoms with E-state index < -0.39 is 6.04 Å². The van der Waals surface area contributed by atoms with E-state index in [9.17, 15) is 4.79 Å². The van der Waals surface area contributed by atoms with E-state index in [4.69, 9.17) is 11.0 Å². The van der Waals surface area contributed by atoms with Gasteiger partial charge in [0.2, 0.25) is 5.91 Å². The van der Waals surface area contributed by atoms with Crippen LogP contribution in [0.15, 0.2) is 22.7 Å². The van der Waals surface area contributed by atoms with Crippen molar-refractivity contribution in [2.75, 3.05) is 5.32 Å². The third-order valence-electron chi connectivity index (χ3n) is 2.42. The largest absolute Gasteiger partial charge is 0.324 e. The molecule has 0 spiro atoms. The molecule has 0 aromatic heterocycles. The van der Waals surface area contributed by atoms with Crippen molar-refractivity contribution in [3.8, 4) is 6.07 Å². The van der Waals surface area contributed by atoms with Crippen LogP contribution >= 0.6 is 15.9 Å². The third-order valence-corrected chi connectivity index (χ3v) is 3.07. The molecule has 0 aliphatic heterocycles. The monoisotopic (exact) mass is 309 g/mol. The minimum atomic E-state index is -0.521. The molecule has 0 radical (unpaired) electrons. The number of benzene rings is 1. The molecule has 0 saturated heterocycles. The van der Waals surface area contributed by atoms with Crippen LogP contribution in [0.1, 0.15) is 25.8 Å². The number of carbonyl (C=O) groups excluding carboxylic acids is 1. The molecule has 1 aromatic carbocycles. The molecule has 1 aromatic rings. The molecule has 0 heterocycles. The highest BCUT2D eigenvalue weighted by Crippen LogP contribution is 2.23. The fourth-order valence-corrected chi connectivity index (χ4v) is 2.00. The molecule has 5 heteroatoms. The SMILES string of the molecule is CC(C)C[C@@H](N)C(=O)Nc1ccc(C#N)cc1Br. The molecule has 0 aliphatic rings. The zero-order valence-electron chi connectivity index (χ0n) is 10.4. The first-order valence-electron chi connectivity index (χ1n) is 5.70. The number of nitrogens with two attached hydrogens (primary N) is 1. The molecule has 3 N–H and O–H groups in total. The van der Waals surface area contributed by atoms with Crippen molar-refractivity contribution in [3.05, 3.63) is 28.2 Å². The van der Waals surface area contributed by atoms with Gasteiger partial charge in [0.05, 0.1) is 23.4 Å². The van der Waals surface area contributed by atoms with Gasteiger partial charge in [-0.3, -0.25) is 4.79 Å². The Kier molecular flexibility index (Phi) is 5.32. The van der Waals surface area contributed by atoms with E-state index in [1.807, 2.05) is 19.9 Å². The van der Waals surface area contributed by atoms with Gasteiger partial charge >= 0.3 is 0 Å². The van der Waals surface area contributed by atoms with Gasteiger partial charge < -0.3 is 11.1 Å². The Morgan fingerprint density at radius 3 is 2.72 bits per heavy atom. The highest BCUT2D eigenvalue weighted by atomic mass is 79.9. The molecule has 96 valence electrons. The molecular weight excluding hydrogens is 294 g/mol. The summed E-state index contributed by atoms with van der Waals surface area (Å²) in [6, 6.07) is 6.50. The molecular formula is C13H16BrN3O. The van der Waals surface area contributed by atoms with Crippen LogP contribution in [0.4, 0.5) is 5.69 Å². The number of halogens is 1. The van der Waals surface area contributed by atoms with Crippen molar-refractivity contribution in [2.24, 2.45) is 11.7 Å². The summed E-state index contributed by atoms with van der Waals surface area (Å²) in [5.41, 5.74) is 6.95. The average Bonchev–Trinajstić information content (AvgIpc) is 2.30. The maximum absolute atomic E-state index is 11.8. The van der Waals surface area contributed by atoms with Crippen LogP contribution < -0.4 is 11.1 Å². The first-order chi connectivity index (χ1) is 8.43. The molecule has 0 aliphatic carbocycles. The molecule has 0 unspecified atom stereocenters. The number of anilines is 1. The fourth-order valence-electron chi connectivity index (χ4n) is 1.53. The van der Waals surface area contributed by atoms with Crippen molar-refractivity contribution in [1.82, 2.24) is 0 Å². The standard InChI is InChI=1S/C13H16BrN3O/c1-8(2)5-11(16)13(18)17-12-4-3-9(7-15)6-10(12)14/h3-4,6,8,11H,5,16H2,1-2H3,(H,17,18)/t11-/m1/s1. The predicted octanol–water partition coefficient (Wildman–Crippen LogP) is 2.63. The summed E-state index contributed by atoms with van der Waals surface area (Å²) in [4.78, 5) is 11.8. The first-order valence-corrected chi connectivity index (χ1v) is 6.49. The lowest BCUT2D eigenvalue weighted by atomic mass is 10.0. The minimum absolute atomic E-state index is 0.214. The third kappa shape index (κ3) is 4.13. The van der Waals surface area contributed by atoms with Gasteiger partial charge in [-0.25, -0.2) is 0 Å². The van der Waals surface area contributed by atoms with E-state index >= 15 is 0 Å². The number of amides is 1. The van der Waals surface area contributed by atoms with Crippen molar-refractivity contribution >= 4 is 27.5 Å². The highest BCUT2D eigenvalue weighted by molar-refractivity contribution is 9.10. The van der Waals surface area contributed by atoms with E-state index in [0.29, 0.717) is 28.1 Å². The number of carbonyl (C=O) groups is 1. The van der Waals surface area contributed by atoms with E-state index in [-0.39, 0.29) is 5.91 Å². The summed E-state index contributed by atoms with van der Waals surface area (Å²) in [6.45, 7) is 4.04. The quantitative estimate of drug-likeness (QED) is 0.897. The Hall–Kier alpha value is -1.38. The summed E-state index contributed by atoms with van der Waals surface area (Å²) in [5.74, 6) is 0.157. The summed E-state index contributed by atoms with van der Waals surface area (Å²) in [5, 5.41) is 11.5. The number of hydrogen-bond acceptors (Lipinski definition) is 3. The Balaban J connectivity index is 2.73. The fraction of sp³-hybridized carbons (Fsp3) is 0.385. The van der Waals surface area contributed by atoms with Crippen LogP contribution in [0, 0.1) is 17.2 Å². The Morgan fingerprint density at radius 1 is 1.56 bits per heavy atom. The van der Waals surface area contributed by atoms with Crippen molar-refractivity contribution < 1.29 is 4.79 Å². The predicted molar refractivity (Wildman–Crippen MR) is 74.9 cm³/mol.